The van der Waals surface area contributed by atoms with Crippen LogP contribution in [0.2, 0.25) is 0 Å². The number of amides is 2. The highest BCUT2D eigenvalue weighted by atomic mass is 19.1. The van der Waals surface area contributed by atoms with Crippen molar-refractivity contribution in [3.8, 4) is 0 Å². The topological polar surface area (TPSA) is 74.0 Å². The van der Waals surface area contributed by atoms with Crippen LogP contribution in [0.15, 0.2) is 30.3 Å². The summed E-state index contributed by atoms with van der Waals surface area (Å²) >= 11 is 0. The second kappa shape index (κ2) is 6.78. The van der Waals surface area contributed by atoms with Crippen molar-refractivity contribution in [1.29, 1.82) is 0 Å². The molecule has 2 heterocycles. The Morgan fingerprint density at radius 2 is 2.00 bits per heavy atom. The summed E-state index contributed by atoms with van der Waals surface area (Å²) in [5, 5.41) is 6.78. The van der Waals surface area contributed by atoms with Gasteiger partial charge in [0.1, 0.15) is 5.82 Å². The fourth-order valence-corrected chi connectivity index (χ4v) is 3.90. The number of fused-ring (bicyclic) bond motifs is 2. The number of carbonyl (C=O) groups is 2. The molecule has 2 amide bonds. The summed E-state index contributed by atoms with van der Waals surface area (Å²) in [6.45, 7) is 6.46. The van der Waals surface area contributed by atoms with Crippen molar-refractivity contribution >= 4 is 28.4 Å². The molecule has 5 nitrogen and oxygen atoms in total. The first kappa shape index (κ1) is 18.2. The lowest BCUT2D eigenvalue weighted by Crippen LogP contribution is -2.34. The van der Waals surface area contributed by atoms with E-state index in [1.807, 2.05) is 19.9 Å². The van der Waals surface area contributed by atoms with Crippen LogP contribution in [0.3, 0.4) is 0 Å². The van der Waals surface area contributed by atoms with Crippen LogP contribution in [0.4, 0.5) is 10.1 Å². The molecular weight excluding hydrogens is 357 g/mol. The van der Waals surface area contributed by atoms with E-state index in [0.717, 1.165) is 27.7 Å². The second-order valence-electron chi connectivity index (χ2n) is 7.48. The van der Waals surface area contributed by atoms with Crippen molar-refractivity contribution in [3.05, 3.63) is 64.1 Å². The molecule has 28 heavy (non-hydrogen) atoms. The number of anilines is 1. The summed E-state index contributed by atoms with van der Waals surface area (Å²) in [6.07, 6.45) is 0.00618. The third kappa shape index (κ3) is 3.15. The minimum Gasteiger partial charge on any atom is -0.358 e. The zero-order chi connectivity index (χ0) is 20.0. The lowest BCUT2D eigenvalue weighted by Gasteiger charge is -2.25. The summed E-state index contributed by atoms with van der Waals surface area (Å²) in [5.41, 5.74) is 6.40. The van der Waals surface area contributed by atoms with Crippen LogP contribution in [0.25, 0.3) is 10.9 Å². The van der Waals surface area contributed by atoms with Crippen molar-refractivity contribution in [1.82, 2.24) is 10.3 Å². The van der Waals surface area contributed by atoms with E-state index >= 15 is 0 Å². The number of aromatic amines is 1. The van der Waals surface area contributed by atoms with E-state index in [-0.39, 0.29) is 18.2 Å². The third-order valence-corrected chi connectivity index (χ3v) is 5.47. The molecule has 0 radical (unpaired) electrons. The van der Waals surface area contributed by atoms with Crippen LogP contribution in [-0.4, -0.2) is 16.8 Å². The summed E-state index contributed by atoms with van der Waals surface area (Å²) in [7, 11) is 0. The number of hydrogen-bond acceptors (Lipinski definition) is 2. The number of aryl methyl sites for hydroxylation is 3. The Kier molecular flexibility index (Phi) is 4.41. The minimum absolute atomic E-state index is 0.00618. The van der Waals surface area contributed by atoms with E-state index < -0.39 is 11.7 Å². The molecule has 6 heteroatoms. The van der Waals surface area contributed by atoms with E-state index in [4.69, 9.17) is 0 Å². The van der Waals surface area contributed by atoms with Gasteiger partial charge in [0.2, 0.25) is 11.8 Å². The molecule has 1 aliphatic rings. The predicted octanol–water partition coefficient (Wildman–Crippen LogP) is 3.97. The molecule has 0 fully saturated rings. The quantitative estimate of drug-likeness (QED) is 0.644. The Hall–Kier alpha value is -3.15. The maximum Gasteiger partial charge on any atom is 0.228 e. The first-order valence-corrected chi connectivity index (χ1v) is 9.29. The van der Waals surface area contributed by atoms with Gasteiger partial charge in [-0.2, -0.15) is 0 Å². The number of benzene rings is 2. The molecule has 0 saturated carbocycles. The van der Waals surface area contributed by atoms with Crippen molar-refractivity contribution in [2.75, 3.05) is 5.32 Å². The summed E-state index contributed by atoms with van der Waals surface area (Å²) in [6, 6.07) is 8.26. The molecule has 0 saturated heterocycles. The lowest BCUT2D eigenvalue weighted by atomic mass is 9.89. The summed E-state index contributed by atoms with van der Waals surface area (Å²) in [4.78, 5) is 28.2. The Morgan fingerprint density at radius 1 is 1.21 bits per heavy atom. The molecule has 1 aromatic heterocycles. The average molecular weight is 379 g/mol. The Balaban J connectivity index is 1.61. The summed E-state index contributed by atoms with van der Waals surface area (Å²) < 4.78 is 13.7. The molecule has 144 valence electrons. The van der Waals surface area contributed by atoms with Crippen LogP contribution in [0, 0.1) is 26.6 Å². The standard InChI is InChI=1S/C22H22FN3O2/c1-11-6-14(21-16(7-11)12(2)13(3)25-21)10-24-22(28)18-9-20(27)26-19-5-4-15(23)8-17(18)19/h4-8,18,25H,9-10H2,1-3H3,(H,24,28)(H,26,27)/t18-/m0/s1. The zero-order valence-corrected chi connectivity index (χ0v) is 16.1. The van der Waals surface area contributed by atoms with Gasteiger partial charge in [0.25, 0.3) is 0 Å². The van der Waals surface area contributed by atoms with Gasteiger partial charge in [-0.05, 0) is 61.7 Å². The van der Waals surface area contributed by atoms with E-state index in [0.29, 0.717) is 17.8 Å². The maximum absolute atomic E-state index is 13.7. The molecule has 0 aliphatic carbocycles. The number of halogens is 1. The molecule has 0 unspecified atom stereocenters. The Morgan fingerprint density at radius 3 is 2.79 bits per heavy atom. The average Bonchev–Trinajstić information content (AvgIpc) is 2.94. The van der Waals surface area contributed by atoms with Crippen molar-refractivity contribution in [3.63, 3.8) is 0 Å². The predicted molar refractivity (Wildman–Crippen MR) is 107 cm³/mol. The van der Waals surface area contributed by atoms with Gasteiger partial charge in [-0.25, -0.2) is 4.39 Å². The minimum atomic E-state index is -0.702. The molecule has 0 bridgehead atoms. The van der Waals surface area contributed by atoms with Gasteiger partial charge >= 0.3 is 0 Å². The molecule has 2 aromatic carbocycles. The largest absolute Gasteiger partial charge is 0.358 e. The molecule has 4 rings (SSSR count). The number of rotatable bonds is 3. The van der Waals surface area contributed by atoms with Crippen LogP contribution < -0.4 is 10.6 Å². The Labute approximate surface area is 162 Å². The van der Waals surface area contributed by atoms with E-state index in [1.54, 1.807) is 0 Å². The van der Waals surface area contributed by atoms with Gasteiger partial charge in [0, 0.05) is 29.7 Å². The van der Waals surface area contributed by atoms with Gasteiger partial charge in [0.15, 0.2) is 0 Å². The highest BCUT2D eigenvalue weighted by Crippen LogP contribution is 2.33. The summed E-state index contributed by atoms with van der Waals surface area (Å²) in [5.74, 6) is -1.65. The number of H-pyrrole nitrogens is 1. The SMILES string of the molecule is Cc1cc(CNC(=O)[C@H]2CC(=O)Nc3ccc(F)cc32)c2[nH]c(C)c(C)c2c1. The molecule has 1 aliphatic heterocycles. The van der Waals surface area contributed by atoms with E-state index in [1.165, 1.54) is 23.8 Å². The van der Waals surface area contributed by atoms with E-state index in [2.05, 4.69) is 28.6 Å². The maximum atomic E-state index is 13.7. The Bertz CT molecular complexity index is 1120. The van der Waals surface area contributed by atoms with Crippen molar-refractivity contribution in [2.45, 2.75) is 39.7 Å². The number of hydrogen-bond donors (Lipinski definition) is 3. The van der Waals surface area contributed by atoms with Crippen molar-refractivity contribution < 1.29 is 14.0 Å². The molecule has 1 atom stereocenters. The van der Waals surface area contributed by atoms with Gasteiger partial charge in [0.05, 0.1) is 11.4 Å². The molecule has 0 spiro atoms. The van der Waals surface area contributed by atoms with Gasteiger partial charge in [-0.1, -0.05) is 11.6 Å². The zero-order valence-electron chi connectivity index (χ0n) is 16.1. The van der Waals surface area contributed by atoms with Crippen LogP contribution in [0.1, 0.15) is 40.3 Å². The highest BCUT2D eigenvalue weighted by Gasteiger charge is 2.31. The van der Waals surface area contributed by atoms with Crippen LogP contribution in [0.5, 0.6) is 0 Å². The molecule has 3 aromatic rings. The number of carbonyl (C=O) groups excluding carboxylic acids is 2. The van der Waals surface area contributed by atoms with E-state index in [9.17, 15) is 14.0 Å². The van der Waals surface area contributed by atoms with Crippen LogP contribution in [-0.2, 0) is 16.1 Å². The first-order valence-electron chi connectivity index (χ1n) is 9.29. The fraction of sp³-hybridized carbons (Fsp3) is 0.273. The van der Waals surface area contributed by atoms with Gasteiger partial charge < -0.3 is 15.6 Å². The third-order valence-electron chi connectivity index (χ3n) is 5.47. The second-order valence-corrected chi connectivity index (χ2v) is 7.48. The monoisotopic (exact) mass is 379 g/mol. The smallest absolute Gasteiger partial charge is 0.228 e. The van der Waals surface area contributed by atoms with Gasteiger partial charge in [-0.15, -0.1) is 0 Å². The molecule has 3 N–H and O–H groups in total. The fourth-order valence-electron chi connectivity index (χ4n) is 3.90. The first-order chi connectivity index (χ1) is 13.3. The number of aromatic nitrogens is 1. The normalized spacial score (nSPS) is 16.0. The number of nitrogens with one attached hydrogen (secondary N) is 3. The molecular formula is C22H22FN3O2. The lowest BCUT2D eigenvalue weighted by molar-refractivity contribution is -0.126. The van der Waals surface area contributed by atoms with Gasteiger partial charge in [-0.3, -0.25) is 9.59 Å². The highest BCUT2D eigenvalue weighted by molar-refractivity contribution is 6.01. The van der Waals surface area contributed by atoms with Crippen molar-refractivity contribution in [2.24, 2.45) is 0 Å². The van der Waals surface area contributed by atoms with Crippen LogP contribution >= 0.6 is 0 Å².